The van der Waals surface area contributed by atoms with Gasteiger partial charge in [0.1, 0.15) is 48.6 Å². The van der Waals surface area contributed by atoms with Crippen molar-refractivity contribution in [3.63, 3.8) is 0 Å². The number of carbonyl (C=O) groups is 4. The fourth-order valence-electron chi connectivity index (χ4n) is 18.3. The number of methoxy groups -OCH3 is 8. The van der Waals surface area contributed by atoms with Crippen molar-refractivity contribution < 1.29 is 91.1 Å². The van der Waals surface area contributed by atoms with Crippen molar-refractivity contribution in [2.45, 2.75) is 260 Å². The molecule has 12 unspecified atom stereocenters. The maximum atomic E-state index is 12.8. The van der Waals surface area contributed by atoms with Gasteiger partial charge in [0.15, 0.2) is 46.0 Å². The summed E-state index contributed by atoms with van der Waals surface area (Å²) in [4.78, 5) is 60.0. The lowest BCUT2D eigenvalue weighted by Gasteiger charge is -2.47. The molecular formula is C96H152N8O16. The molecule has 0 aliphatic carbocycles. The molecule has 4 fully saturated rings. The standard InChI is InChI=1S/4C24H38N2O4/c4*1-14(2)9-17-13-26-8-7-16-10-21(28-5)22(29-6)11-18(16)19(26)12-20(17)30-24(27)23(25)15(3)4/h4*10-11,14-15,17,19-20,23H,7-9,12-13,25H2,1-6H3/t4*17?,19?,20?,23-/m0000/s1/i5D3,15D,19D;5D3,20D;2*19D. The zero-order valence-corrected chi connectivity index (χ0v) is 75.9. The minimum atomic E-state index is -2.63. The summed E-state index contributed by atoms with van der Waals surface area (Å²) in [7, 11) is 4.16. The second-order valence-corrected chi connectivity index (χ2v) is 37.0. The predicted octanol–water partition coefficient (Wildman–Crippen LogP) is 14.3. The van der Waals surface area contributed by atoms with Crippen molar-refractivity contribution in [1.29, 1.82) is 0 Å². The number of nitrogens with zero attached hydrogens (tertiary/aromatic N) is 4. The Labute approximate surface area is 734 Å². The predicted molar refractivity (Wildman–Crippen MR) is 471 cm³/mol. The summed E-state index contributed by atoms with van der Waals surface area (Å²) in [6.07, 6.45) is 5.29. The minimum Gasteiger partial charge on any atom is -0.493 e. The van der Waals surface area contributed by atoms with Crippen LogP contribution in [0.15, 0.2) is 48.5 Å². The van der Waals surface area contributed by atoms with E-state index in [1.165, 1.54) is 14.2 Å². The van der Waals surface area contributed by atoms with Crippen molar-refractivity contribution in [3.8, 4) is 46.0 Å². The van der Waals surface area contributed by atoms with Crippen molar-refractivity contribution in [2.75, 3.05) is 109 Å². The molecular weight excluding hydrogens is 1520 g/mol. The molecule has 12 rings (SSSR count). The molecule has 0 radical (unpaired) electrons. The summed E-state index contributed by atoms with van der Waals surface area (Å²) < 4.78 is 158. The normalized spacial score (nSPS) is 29.0. The Kier molecular flexibility index (Phi) is 29.7. The van der Waals surface area contributed by atoms with Gasteiger partial charge < -0.3 is 79.8 Å². The van der Waals surface area contributed by atoms with Crippen LogP contribution in [0.25, 0.3) is 0 Å². The number of benzene rings is 4. The minimum absolute atomic E-state index is 0.00762. The van der Waals surface area contributed by atoms with Gasteiger partial charge in [-0.3, -0.25) is 38.8 Å². The van der Waals surface area contributed by atoms with Gasteiger partial charge in [-0.05, 0) is 192 Å². The van der Waals surface area contributed by atoms with E-state index in [0.29, 0.717) is 103 Å². The molecule has 4 aromatic rings. The lowest BCUT2D eigenvalue weighted by Crippen LogP contribution is -2.51. The Hall–Kier alpha value is -7.16. The topological polar surface area (TPSA) is 296 Å². The maximum Gasteiger partial charge on any atom is 0.323 e. The van der Waals surface area contributed by atoms with E-state index < -0.39 is 86.3 Å². The quantitative estimate of drug-likeness (QED) is 0.0303. The average molecular weight is 1690 g/mol. The first-order valence-electron chi connectivity index (χ1n) is 49.2. The number of hydrogen-bond acceptors (Lipinski definition) is 24. The van der Waals surface area contributed by atoms with E-state index in [0.717, 1.165) is 117 Å². The molecule has 0 saturated carbocycles. The van der Waals surface area contributed by atoms with Gasteiger partial charge in [0.2, 0.25) is 0 Å². The Morgan fingerprint density at radius 3 is 0.908 bits per heavy atom. The van der Waals surface area contributed by atoms with Gasteiger partial charge in [-0.2, -0.15) is 0 Å². The molecule has 0 amide bonds. The number of carbonyl (C=O) groups excluding carboxylic acids is 4. The number of nitrogens with two attached hydrogens (primary N) is 4. The van der Waals surface area contributed by atoms with Crippen LogP contribution >= 0.6 is 0 Å². The van der Waals surface area contributed by atoms with E-state index in [1.54, 1.807) is 66.6 Å². The molecule has 8 aliphatic heterocycles. The average Bonchev–Trinajstić information content (AvgIpc) is 0.745. The van der Waals surface area contributed by atoms with Crippen LogP contribution in [-0.2, 0) is 63.8 Å². The molecule has 8 N–H and O–H groups in total. The fourth-order valence-corrected chi connectivity index (χ4v) is 18.3. The largest absolute Gasteiger partial charge is 0.493 e. The molecule has 8 aliphatic rings. The van der Waals surface area contributed by atoms with Gasteiger partial charge in [-0.1, -0.05) is 111 Å². The van der Waals surface area contributed by atoms with Crippen LogP contribution in [0.2, 0.25) is 0 Å². The van der Waals surface area contributed by atoms with E-state index in [1.807, 2.05) is 65.8 Å². The Morgan fingerprint density at radius 1 is 0.358 bits per heavy atom. The lowest BCUT2D eigenvalue weighted by molar-refractivity contribution is -0.161. The number of ether oxygens (including phenoxy) is 12. The Bertz CT molecular complexity index is 4410. The summed E-state index contributed by atoms with van der Waals surface area (Å²) in [6, 6.07) is 8.18. The monoisotopic (exact) mass is 1680 g/mol. The maximum absolute atomic E-state index is 12.8. The van der Waals surface area contributed by atoms with Crippen LogP contribution in [0.4, 0.5) is 0 Å². The number of rotatable bonds is 28. The number of hydrogen-bond donors (Lipinski definition) is 4. The molecule has 24 nitrogen and oxygen atoms in total. The third kappa shape index (κ3) is 23.8. The number of esters is 4. The zero-order chi connectivity index (χ0) is 97.6. The number of piperidine rings is 4. The molecule has 0 bridgehead atoms. The summed E-state index contributed by atoms with van der Waals surface area (Å²) in [5.41, 5.74) is 31.6. The van der Waals surface area contributed by atoms with E-state index in [2.05, 4.69) is 75.0 Å². The van der Waals surface area contributed by atoms with Crippen LogP contribution in [0.3, 0.4) is 0 Å². The summed E-state index contributed by atoms with van der Waals surface area (Å²) in [5.74, 6) is 2.22. The first-order chi connectivity index (χ1) is 61.0. The third-order valence-electron chi connectivity index (χ3n) is 25.1. The molecule has 0 aromatic heterocycles. The van der Waals surface area contributed by atoms with Crippen LogP contribution in [0.5, 0.6) is 46.0 Å². The van der Waals surface area contributed by atoms with Gasteiger partial charge in [-0.25, -0.2) is 0 Å². The summed E-state index contributed by atoms with van der Waals surface area (Å²) in [6.45, 7) is 37.4. The highest BCUT2D eigenvalue weighted by Crippen LogP contribution is 2.50. The molecule has 0 spiro atoms. The van der Waals surface area contributed by atoms with Gasteiger partial charge in [0.05, 0.1) is 70.4 Å². The van der Waals surface area contributed by atoms with E-state index in [-0.39, 0.29) is 95.3 Å². The van der Waals surface area contributed by atoms with E-state index in [4.69, 9.17) is 89.4 Å². The van der Waals surface area contributed by atoms with Crippen molar-refractivity contribution in [2.24, 2.45) is 93.9 Å². The molecule has 4 aromatic carbocycles. The second kappa shape index (κ2) is 43.9. The molecule has 672 valence electrons. The van der Waals surface area contributed by atoms with Crippen LogP contribution in [0.1, 0.15) is 246 Å². The third-order valence-corrected chi connectivity index (χ3v) is 25.1. The molecule has 16 atom stereocenters. The fraction of sp³-hybridized carbons (Fsp3) is 0.708. The van der Waals surface area contributed by atoms with Gasteiger partial charge in [0, 0.05) is 127 Å². The SMILES string of the molecule is [2H]C([2H])([2H])Oc1cc2c(cc1OC)C1([2H])CC(OC(=O)[C@@H](N)C([2H])(C)C)C(CC(C)C)CN1CC2.[2H]C([2H])([2H])Oc1cc2c(cc1OC)C1CC([2H])(OC(=O)[C@@H](N)C(C)C)C(CC(C)C)CN1CC2.[2H]C12CC(OC(=O)[C@@H](N)C(C)C)C(CC(C)C)CN1CCc1cc(OC)c(OC)cc12.[2H]C12CC(OC(=O)[C@@H](N)C(C)C)C(CC(C)C)CN1CCc1cc(OC)c(OC)cc12. The molecule has 120 heavy (non-hydrogen) atoms. The van der Waals surface area contributed by atoms with E-state index in [9.17, 15) is 24.7 Å². The summed E-state index contributed by atoms with van der Waals surface area (Å²) in [5, 5.41) is 0. The molecule has 8 heterocycles. The van der Waals surface area contributed by atoms with Crippen LogP contribution in [0, 0.1) is 71.0 Å². The van der Waals surface area contributed by atoms with Crippen molar-refractivity contribution in [1.82, 2.24) is 19.6 Å². The molecule has 4 saturated heterocycles. The lowest BCUT2D eigenvalue weighted by atomic mass is 9.79. The Morgan fingerprint density at radius 2 is 0.617 bits per heavy atom. The van der Waals surface area contributed by atoms with Crippen molar-refractivity contribution >= 4 is 23.9 Å². The highest BCUT2D eigenvalue weighted by atomic mass is 16.6. The first-order valence-corrected chi connectivity index (χ1v) is 43.7. The smallest absolute Gasteiger partial charge is 0.323 e. The summed E-state index contributed by atoms with van der Waals surface area (Å²) >= 11 is 0. The van der Waals surface area contributed by atoms with Gasteiger partial charge in [-0.15, -0.1) is 0 Å². The first kappa shape index (κ1) is 81.2. The van der Waals surface area contributed by atoms with Gasteiger partial charge >= 0.3 is 23.9 Å². The Balaban J connectivity index is 0.000000197. The highest BCUT2D eigenvalue weighted by molar-refractivity contribution is 5.77. The zero-order valence-electron chi connectivity index (χ0n) is 86.9. The van der Waals surface area contributed by atoms with Crippen LogP contribution in [-0.4, -0.2) is 201 Å². The van der Waals surface area contributed by atoms with Crippen molar-refractivity contribution in [3.05, 3.63) is 93.0 Å². The highest BCUT2D eigenvalue weighted by Gasteiger charge is 2.47. The van der Waals surface area contributed by atoms with E-state index >= 15 is 0 Å². The van der Waals surface area contributed by atoms with Crippen LogP contribution < -0.4 is 60.8 Å². The number of fused-ring (bicyclic) bond motifs is 12. The second-order valence-electron chi connectivity index (χ2n) is 37.0. The molecule has 24 heteroatoms. The van der Waals surface area contributed by atoms with Gasteiger partial charge in [0.25, 0.3) is 0 Å².